The summed E-state index contributed by atoms with van der Waals surface area (Å²) in [7, 11) is 0. The number of ketones is 1. The maximum Gasteiger partial charge on any atom is 0.162 e. The Kier molecular flexibility index (Phi) is 1.70. The average Bonchev–Trinajstić information content (AvgIpc) is 2.06. The smallest absolute Gasteiger partial charge is 0.162 e. The molecule has 0 bridgehead atoms. The van der Waals surface area contributed by atoms with E-state index >= 15 is 0 Å². The normalized spacial score (nSPS) is 29.9. The maximum absolute atomic E-state index is 11.5. The molecular formula is C10H16O. The van der Waals surface area contributed by atoms with Crippen LogP contribution >= 0.6 is 0 Å². The molecule has 1 aliphatic carbocycles. The largest absolute Gasteiger partial charge is 0.294 e. The lowest BCUT2D eigenvalue weighted by Crippen LogP contribution is -2.21. The first kappa shape index (κ1) is 8.51. The second-order valence-electron chi connectivity index (χ2n) is 4.06. The molecule has 0 amide bonds. The second-order valence-corrected chi connectivity index (χ2v) is 4.06. The molecule has 0 saturated heterocycles. The number of Topliss-reactive ketones (excluding diaryl/α,β-unsaturated/α-hetero) is 1. The van der Waals surface area contributed by atoms with Gasteiger partial charge in [0, 0.05) is 5.92 Å². The highest BCUT2D eigenvalue weighted by Gasteiger charge is 2.40. The van der Waals surface area contributed by atoms with Gasteiger partial charge < -0.3 is 0 Å². The Morgan fingerprint density at radius 2 is 1.73 bits per heavy atom. The molecular weight excluding hydrogens is 136 g/mol. The molecule has 0 saturated carbocycles. The first-order valence-electron chi connectivity index (χ1n) is 4.11. The molecule has 0 heterocycles. The van der Waals surface area contributed by atoms with E-state index in [0.29, 0.717) is 5.78 Å². The minimum atomic E-state index is 0.0845. The minimum Gasteiger partial charge on any atom is -0.294 e. The van der Waals surface area contributed by atoms with Gasteiger partial charge in [0.25, 0.3) is 0 Å². The van der Waals surface area contributed by atoms with Crippen molar-refractivity contribution in [2.24, 2.45) is 11.3 Å². The number of allylic oxidation sites excluding steroid dienone is 2. The van der Waals surface area contributed by atoms with Crippen LogP contribution in [0.1, 0.15) is 34.6 Å². The van der Waals surface area contributed by atoms with E-state index in [1.54, 1.807) is 0 Å². The lowest BCUT2D eigenvalue weighted by atomic mass is 9.79. The van der Waals surface area contributed by atoms with Gasteiger partial charge in [0.1, 0.15) is 0 Å². The van der Waals surface area contributed by atoms with E-state index < -0.39 is 0 Å². The van der Waals surface area contributed by atoms with Crippen molar-refractivity contribution in [1.29, 1.82) is 0 Å². The van der Waals surface area contributed by atoms with Crippen LogP contribution in [0.3, 0.4) is 0 Å². The van der Waals surface area contributed by atoms with Gasteiger partial charge in [-0.15, -0.1) is 0 Å². The zero-order valence-corrected chi connectivity index (χ0v) is 7.99. The molecule has 1 heteroatoms. The molecule has 0 N–H and O–H groups in total. The molecule has 1 nitrogen and oxygen atoms in total. The number of carbonyl (C=O) groups is 1. The van der Waals surface area contributed by atoms with Crippen molar-refractivity contribution in [3.63, 3.8) is 0 Å². The molecule has 0 radical (unpaired) electrons. The van der Waals surface area contributed by atoms with Crippen LogP contribution in [0.2, 0.25) is 0 Å². The van der Waals surface area contributed by atoms with Gasteiger partial charge in [-0.25, -0.2) is 0 Å². The van der Waals surface area contributed by atoms with E-state index in [2.05, 4.69) is 20.8 Å². The van der Waals surface area contributed by atoms with Crippen LogP contribution in [-0.2, 0) is 4.79 Å². The van der Waals surface area contributed by atoms with E-state index in [1.165, 1.54) is 5.57 Å². The highest BCUT2D eigenvalue weighted by Crippen LogP contribution is 2.43. The van der Waals surface area contributed by atoms with Crippen molar-refractivity contribution >= 4 is 5.78 Å². The molecule has 1 atom stereocenters. The van der Waals surface area contributed by atoms with Crippen molar-refractivity contribution in [1.82, 2.24) is 0 Å². The zero-order valence-electron chi connectivity index (χ0n) is 7.99. The topological polar surface area (TPSA) is 17.1 Å². The van der Waals surface area contributed by atoms with E-state index in [0.717, 1.165) is 5.57 Å². The summed E-state index contributed by atoms with van der Waals surface area (Å²) < 4.78 is 0. The van der Waals surface area contributed by atoms with Gasteiger partial charge >= 0.3 is 0 Å². The van der Waals surface area contributed by atoms with Crippen molar-refractivity contribution in [3.8, 4) is 0 Å². The van der Waals surface area contributed by atoms with Crippen molar-refractivity contribution in [3.05, 3.63) is 11.1 Å². The summed E-state index contributed by atoms with van der Waals surface area (Å²) in [5.41, 5.74) is 2.32. The highest BCUT2D eigenvalue weighted by atomic mass is 16.1. The minimum absolute atomic E-state index is 0.0845. The molecule has 0 aromatic heterocycles. The summed E-state index contributed by atoms with van der Waals surface area (Å²) in [6.45, 7) is 10.3. The summed E-state index contributed by atoms with van der Waals surface area (Å²) in [5.74, 6) is 0.495. The van der Waals surface area contributed by atoms with Gasteiger partial charge in [0.05, 0.1) is 0 Å². The number of rotatable bonds is 0. The molecule has 1 aliphatic rings. The maximum atomic E-state index is 11.5. The van der Waals surface area contributed by atoms with Crippen LogP contribution in [0.4, 0.5) is 0 Å². The SMILES string of the molecule is CC1=C(C)C(C)(C)C(C)C1=O. The van der Waals surface area contributed by atoms with E-state index in [4.69, 9.17) is 0 Å². The fraction of sp³-hybridized carbons (Fsp3) is 0.700. The molecule has 0 aromatic carbocycles. The molecule has 11 heavy (non-hydrogen) atoms. The third kappa shape index (κ3) is 0.943. The van der Waals surface area contributed by atoms with Crippen LogP contribution in [0, 0.1) is 11.3 Å². The molecule has 0 aliphatic heterocycles. The van der Waals surface area contributed by atoms with Gasteiger partial charge in [-0.3, -0.25) is 4.79 Å². The van der Waals surface area contributed by atoms with Crippen molar-refractivity contribution < 1.29 is 4.79 Å². The predicted octanol–water partition coefficient (Wildman–Crippen LogP) is 2.57. The molecule has 0 aromatic rings. The average molecular weight is 152 g/mol. The number of hydrogen-bond acceptors (Lipinski definition) is 1. The van der Waals surface area contributed by atoms with Gasteiger partial charge in [0.2, 0.25) is 0 Å². The van der Waals surface area contributed by atoms with Gasteiger partial charge in [-0.2, -0.15) is 0 Å². The highest BCUT2D eigenvalue weighted by molar-refractivity contribution is 6.00. The van der Waals surface area contributed by atoms with Crippen molar-refractivity contribution in [2.75, 3.05) is 0 Å². The quantitative estimate of drug-likeness (QED) is 0.521. The predicted molar refractivity (Wildman–Crippen MR) is 46.3 cm³/mol. The van der Waals surface area contributed by atoms with E-state index in [-0.39, 0.29) is 11.3 Å². The van der Waals surface area contributed by atoms with Crippen LogP contribution in [0.25, 0.3) is 0 Å². The zero-order chi connectivity index (χ0) is 8.81. The first-order valence-corrected chi connectivity index (χ1v) is 4.11. The molecule has 1 unspecified atom stereocenters. The third-order valence-electron chi connectivity index (χ3n) is 3.37. The lowest BCUT2D eigenvalue weighted by Gasteiger charge is -2.24. The summed E-state index contributed by atoms with van der Waals surface area (Å²) in [6.07, 6.45) is 0. The van der Waals surface area contributed by atoms with Gasteiger partial charge in [-0.1, -0.05) is 26.3 Å². The fourth-order valence-corrected chi connectivity index (χ4v) is 1.65. The second kappa shape index (κ2) is 2.20. The summed E-state index contributed by atoms with van der Waals surface area (Å²) >= 11 is 0. The Morgan fingerprint density at radius 1 is 1.27 bits per heavy atom. The molecule has 0 spiro atoms. The fourth-order valence-electron chi connectivity index (χ4n) is 1.65. The Hall–Kier alpha value is -0.590. The van der Waals surface area contributed by atoms with E-state index in [9.17, 15) is 4.79 Å². The van der Waals surface area contributed by atoms with Crippen LogP contribution in [0.5, 0.6) is 0 Å². The van der Waals surface area contributed by atoms with Crippen molar-refractivity contribution in [2.45, 2.75) is 34.6 Å². The van der Waals surface area contributed by atoms with Crippen LogP contribution < -0.4 is 0 Å². The van der Waals surface area contributed by atoms with Gasteiger partial charge in [-0.05, 0) is 24.8 Å². The summed E-state index contributed by atoms with van der Waals surface area (Å²) in [5, 5.41) is 0. The lowest BCUT2D eigenvalue weighted by molar-refractivity contribution is -0.119. The van der Waals surface area contributed by atoms with Crippen LogP contribution in [-0.4, -0.2) is 5.78 Å². The third-order valence-corrected chi connectivity index (χ3v) is 3.37. The monoisotopic (exact) mass is 152 g/mol. The summed E-state index contributed by atoms with van der Waals surface area (Å²) in [6, 6.07) is 0. The number of hydrogen-bond donors (Lipinski definition) is 0. The van der Waals surface area contributed by atoms with E-state index in [1.807, 2.05) is 13.8 Å². The first-order chi connectivity index (χ1) is 4.89. The van der Waals surface area contributed by atoms with Gasteiger partial charge in [0.15, 0.2) is 5.78 Å². The Labute approximate surface area is 68.5 Å². The Bertz CT molecular complexity index is 233. The Balaban J connectivity index is 3.16. The molecule has 0 fully saturated rings. The Morgan fingerprint density at radius 3 is 1.82 bits per heavy atom. The van der Waals surface area contributed by atoms with Crippen LogP contribution in [0.15, 0.2) is 11.1 Å². The molecule has 1 rings (SSSR count). The molecule has 62 valence electrons. The summed E-state index contributed by atoms with van der Waals surface area (Å²) in [4.78, 5) is 11.5. The number of carbonyl (C=O) groups excluding carboxylic acids is 1. The standard InChI is InChI=1S/C10H16O/c1-6-7(2)10(4,5)8(3)9(6)11/h8H,1-5H3.